The molecule has 0 aromatic carbocycles. The van der Waals surface area contributed by atoms with Crippen molar-refractivity contribution in [2.75, 3.05) is 5.32 Å². The standard InChI is InChI=1S/C14H13ClF4N4O3S/c1-7(14(17,18)19)22-27(25,26)9-6-23(2)12(11(9)15)13(24)21-10-4-3-8(16)5-20-10/h3-7,22H,1-2H3,(H,20,21,24)/t7-/m1/s1. The highest BCUT2D eigenvalue weighted by atomic mass is 35.5. The van der Waals surface area contributed by atoms with E-state index >= 15 is 0 Å². The number of alkyl halides is 3. The predicted molar refractivity (Wildman–Crippen MR) is 88.4 cm³/mol. The van der Waals surface area contributed by atoms with Gasteiger partial charge in [0.2, 0.25) is 10.0 Å². The maximum atomic E-state index is 12.8. The molecule has 2 heterocycles. The van der Waals surface area contributed by atoms with Crippen LogP contribution in [0.3, 0.4) is 0 Å². The second-order valence-corrected chi connectivity index (χ2v) is 7.53. The van der Waals surface area contributed by atoms with Crippen molar-refractivity contribution in [1.82, 2.24) is 14.3 Å². The first-order chi connectivity index (χ1) is 12.3. The van der Waals surface area contributed by atoms with Crippen molar-refractivity contribution < 1.29 is 30.8 Å². The summed E-state index contributed by atoms with van der Waals surface area (Å²) in [4.78, 5) is 15.2. The first kappa shape index (κ1) is 21.1. The number of hydrogen-bond acceptors (Lipinski definition) is 4. The number of pyridine rings is 1. The molecule has 1 amide bonds. The van der Waals surface area contributed by atoms with Crippen molar-refractivity contribution in [2.45, 2.75) is 24.0 Å². The zero-order valence-corrected chi connectivity index (χ0v) is 15.4. The predicted octanol–water partition coefficient (Wildman–Crippen LogP) is 2.69. The van der Waals surface area contributed by atoms with Crippen molar-refractivity contribution in [3.63, 3.8) is 0 Å². The van der Waals surface area contributed by atoms with Crippen LogP contribution in [0.2, 0.25) is 5.02 Å². The summed E-state index contributed by atoms with van der Waals surface area (Å²) in [5.41, 5.74) is -0.331. The molecule has 148 valence electrons. The van der Waals surface area contributed by atoms with Gasteiger partial charge in [0.05, 0.1) is 11.2 Å². The number of carbonyl (C=O) groups is 1. The Morgan fingerprint density at radius 3 is 2.48 bits per heavy atom. The van der Waals surface area contributed by atoms with Crippen LogP contribution in [0.25, 0.3) is 0 Å². The van der Waals surface area contributed by atoms with Crippen LogP contribution < -0.4 is 10.0 Å². The molecule has 0 aliphatic carbocycles. The molecule has 0 spiro atoms. The Bertz CT molecular complexity index is 958. The first-order valence-electron chi connectivity index (χ1n) is 7.19. The van der Waals surface area contributed by atoms with Crippen molar-refractivity contribution in [1.29, 1.82) is 0 Å². The molecule has 13 heteroatoms. The number of aryl methyl sites for hydroxylation is 1. The molecule has 7 nitrogen and oxygen atoms in total. The molecule has 0 saturated heterocycles. The number of hydrogen-bond donors (Lipinski definition) is 2. The number of aromatic nitrogens is 2. The fraction of sp³-hybridized carbons (Fsp3) is 0.286. The second kappa shape index (κ2) is 7.44. The number of nitrogens with zero attached hydrogens (tertiary/aromatic N) is 2. The lowest BCUT2D eigenvalue weighted by Crippen LogP contribution is -2.42. The molecule has 0 saturated carbocycles. The van der Waals surface area contributed by atoms with Crippen LogP contribution in [-0.4, -0.2) is 36.1 Å². The number of sulfonamides is 1. The van der Waals surface area contributed by atoms with E-state index in [4.69, 9.17) is 11.6 Å². The smallest absolute Gasteiger partial charge is 0.344 e. The molecule has 0 aliphatic rings. The average Bonchev–Trinajstić information content (AvgIpc) is 2.84. The molecular weight excluding hydrogens is 416 g/mol. The normalized spacial score (nSPS) is 13.4. The number of amides is 1. The summed E-state index contributed by atoms with van der Waals surface area (Å²) in [7, 11) is -3.37. The van der Waals surface area contributed by atoms with Gasteiger partial charge in [-0.1, -0.05) is 11.6 Å². The lowest BCUT2D eigenvalue weighted by atomic mass is 10.3. The first-order valence-corrected chi connectivity index (χ1v) is 9.06. The highest BCUT2D eigenvalue weighted by Gasteiger charge is 2.40. The van der Waals surface area contributed by atoms with Gasteiger partial charge in [-0.25, -0.2) is 17.8 Å². The van der Waals surface area contributed by atoms with Crippen LogP contribution in [0.1, 0.15) is 17.4 Å². The van der Waals surface area contributed by atoms with Gasteiger partial charge in [0.1, 0.15) is 28.3 Å². The van der Waals surface area contributed by atoms with E-state index in [1.807, 2.05) is 0 Å². The Labute approximate surface area is 156 Å². The largest absolute Gasteiger partial charge is 0.404 e. The highest BCUT2D eigenvalue weighted by molar-refractivity contribution is 7.89. The molecule has 27 heavy (non-hydrogen) atoms. The van der Waals surface area contributed by atoms with E-state index in [1.54, 1.807) is 0 Å². The van der Waals surface area contributed by atoms with E-state index in [0.29, 0.717) is 6.92 Å². The third-order valence-corrected chi connectivity index (χ3v) is 5.43. The molecule has 0 radical (unpaired) electrons. The molecule has 2 N–H and O–H groups in total. The molecular formula is C14H13ClF4N4O3S. The Hall–Kier alpha value is -2.18. The molecule has 0 bridgehead atoms. The second-order valence-electron chi connectivity index (χ2n) is 5.47. The van der Waals surface area contributed by atoms with Gasteiger partial charge in [0.25, 0.3) is 5.91 Å². The minimum absolute atomic E-state index is 0.0353. The van der Waals surface area contributed by atoms with Gasteiger partial charge in [-0.05, 0) is 19.1 Å². The van der Waals surface area contributed by atoms with E-state index < -0.39 is 43.9 Å². The molecule has 0 aliphatic heterocycles. The maximum absolute atomic E-state index is 12.8. The van der Waals surface area contributed by atoms with Crippen molar-refractivity contribution >= 4 is 33.3 Å². The minimum atomic E-state index is -4.80. The molecule has 0 fully saturated rings. The highest BCUT2D eigenvalue weighted by Crippen LogP contribution is 2.29. The summed E-state index contributed by atoms with van der Waals surface area (Å²) in [6.45, 7) is 0.627. The van der Waals surface area contributed by atoms with Crippen molar-refractivity contribution in [3.8, 4) is 0 Å². The monoisotopic (exact) mass is 428 g/mol. The summed E-state index contributed by atoms with van der Waals surface area (Å²) in [6.07, 6.45) is -3.05. The topological polar surface area (TPSA) is 93.1 Å². The molecule has 0 unspecified atom stereocenters. The maximum Gasteiger partial charge on any atom is 0.404 e. The third kappa shape index (κ3) is 4.76. The van der Waals surface area contributed by atoms with Crippen LogP contribution in [0.4, 0.5) is 23.4 Å². The van der Waals surface area contributed by atoms with Crippen LogP contribution >= 0.6 is 11.6 Å². The van der Waals surface area contributed by atoms with Gasteiger partial charge in [-0.2, -0.15) is 17.9 Å². The van der Waals surface area contributed by atoms with E-state index in [-0.39, 0.29) is 11.5 Å². The van der Waals surface area contributed by atoms with Crippen molar-refractivity contribution in [2.24, 2.45) is 7.05 Å². The minimum Gasteiger partial charge on any atom is -0.344 e. The quantitative estimate of drug-likeness (QED) is 0.716. The van der Waals surface area contributed by atoms with Gasteiger partial charge in [0.15, 0.2) is 0 Å². The van der Waals surface area contributed by atoms with Gasteiger partial charge < -0.3 is 9.88 Å². The lowest BCUT2D eigenvalue weighted by Gasteiger charge is -2.16. The fourth-order valence-corrected chi connectivity index (χ4v) is 3.93. The Kier molecular flexibility index (Phi) is 5.82. The van der Waals surface area contributed by atoms with E-state index in [9.17, 15) is 30.8 Å². The van der Waals surface area contributed by atoms with Crippen LogP contribution in [-0.2, 0) is 17.1 Å². The summed E-state index contributed by atoms with van der Waals surface area (Å²) in [6, 6.07) is -0.165. The van der Waals surface area contributed by atoms with Crippen molar-refractivity contribution in [3.05, 3.63) is 41.1 Å². The third-order valence-electron chi connectivity index (χ3n) is 3.38. The Morgan fingerprint density at radius 2 is 1.96 bits per heavy atom. The fourth-order valence-electron chi connectivity index (χ4n) is 2.00. The van der Waals surface area contributed by atoms with Gasteiger partial charge >= 0.3 is 6.18 Å². The van der Waals surface area contributed by atoms with Gasteiger partial charge in [0, 0.05) is 13.2 Å². The zero-order chi connectivity index (χ0) is 20.6. The van der Waals surface area contributed by atoms with Gasteiger partial charge in [-0.3, -0.25) is 4.79 Å². The lowest BCUT2D eigenvalue weighted by molar-refractivity contribution is -0.147. The average molecular weight is 429 g/mol. The SMILES string of the molecule is C[C@@H](NS(=O)(=O)c1cn(C)c(C(=O)Nc2ccc(F)cn2)c1Cl)C(F)(F)F. The Balaban J connectivity index is 2.32. The molecule has 2 rings (SSSR count). The number of halogens is 5. The number of anilines is 1. The van der Waals surface area contributed by atoms with E-state index in [2.05, 4.69) is 10.3 Å². The summed E-state index contributed by atoms with van der Waals surface area (Å²) >= 11 is 5.94. The van der Waals surface area contributed by atoms with Crippen LogP contribution in [0, 0.1) is 5.82 Å². The van der Waals surface area contributed by atoms with Gasteiger partial charge in [-0.15, -0.1) is 0 Å². The molecule has 1 atom stereocenters. The molecule has 2 aromatic heterocycles. The van der Waals surface area contributed by atoms with E-state index in [1.165, 1.54) is 11.8 Å². The van der Waals surface area contributed by atoms with Crippen LogP contribution in [0.15, 0.2) is 29.4 Å². The number of carbonyl (C=O) groups excluding carboxylic acids is 1. The summed E-state index contributed by atoms with van der Waals surface area (Å²) < 4.78 is 77.6. The van der Waals surface area contributed by atoms with E-state index in [0.717, 1.165) is 29.1 Å². The van der Waals surface area contributed by atoms with Crippen LogP contribution in [0.5, 0.6) is 0 Å². The zero-order valence-electron chi connectivity index (χ0n) is 13.8. The summed E-state index contributed by atoms with van der Waals surface area (Å²) in [5, 5.41) is 1.71. The molecule has 2 aromatic rings. The summed E-state index contributed by atoms with van der Waals surface area (Å²) in [5.74, 6) is -1.55. The Morgan fingerprint density at radius 1 is 1.33 bits per heavy atom. The number of rotatable bonds is 5. The number of nitrogens with one attached hydrogen (secondary N) is 2.